The Kier molecular flexibility index (Phi) is 11.9. The minimum Gasteiger partial charge on any atom is -0.508 e. The number of phenols is 1. The number of hydrogen-bond acceptors (Lipinski definition) is 8. The van der Waals surface area contributed by atoms with Crippen molar-refractivity contribution < 1.29 is 39.3 Å². The van der Waals surface area contributed by atoms with Crippen LogP contribution in [0.5, 0.6) is 5.75 Å². The second kappa shape index (κ2) is 14.1. The van der Waals surface area contributed by atoms with Crippen molar-refractivity contribution >= 4 is 41.4 Å². The first-order valence-electron chi connectivity index (χ1n) is 10.3. The number of carboxylic acids is 2. The van der Waals surface area contributed by atoms with Crippen molar-refractivity contribution in [2.75, 3.05) is 12.0 Å². The summed E-state index contributed by atoms with van der Waals surface area (Å²) in [4.78, 5) is 59.4. The highest BCUT2D eigenvalue weighted by Crippen LogP contribution is 2.11. The van der Waals surface area contributed by atoms with Gasteiger partial charge in [-0.05, 0) is 49.5 Å². The van der Waals surface area contributed by atoms with E-state index in [4.69, 9.17) is 15.9 Å². The van der Waals surface area contributed by atoms with Crippen LogP contribution in [0.1, 0.15) is 25.3 Å². The van der Waals surface area contributed by atoms with Crippen molar-refractivity contribution in [3.05, 3.63) is 29.8 Å². The number of amides is 3. The van der Waals surface area contributed by atoms with Crippen LogP contribution in [0.3, 0.4) is 0 Å². The monoisotopic (exact) mass is 498 g/mol. The molecule has 1 aromatic carbocycles. The number of carbonyl (C=O) groups excluding carboxylic acids is 3. The van der Waals surface area contributed by atoms with E-state index in [0.29, 0.717) is 11.3 Å². The number of nitrogens with two attached hydrogens (primary N) is 1. The highest BCUT2D eigenvalue weighted by molar-refractivity contribution is 7.98. The van der Waals surface area contributed by atoms with Gasteiger partial charge in [0.2, 0.25) is 17.7 Å². The van der Waals surface area contributed by atoms with Crippen LogP contribution in [0.4, 0.5) is 0 Å². The molecule has 34 heavy (non-hydrogen) atoms. The topological polar surface area (TPSA) is 208 Å². The van der Waals surface area contributed by atoms with Crippen molar-refractivity contribution in [3.63, 3.8) is 0 Å². The van der Waals surface area contributed by atoms with Gasteiger partial charge < -0.3 is 37.0 Å². The zero-order valence-electron chi connectivity index (χ0n) is 18.8. The third-order valence-corrected chi connectivity index (χ3v) is 5.36. The average Bonchev–Trinajstić information content (AvgIpc) is 2.76. The third-order valence-electron chi connectivity index (χ3n) is 4.72. The van der Waals surface area contributed by atoms with E-state index in [2.05, 4.69) is 16.0 Å². The highest BCUT2D eigenvalue weighted by Gasteiger charge is 2.29. The molecule has 188 valence electrons. The van der Waals surface area contributed by atoms with Crippen molar-refractivity contribution in [2.45, 2.75) is 50.4 Å². The third kappa shape index (κ3) is 10.1. The largest absolute Gasteiger partial charge is 0.508 e. The molecule has 1 aromatic rings. The maximum absolute atomic E-state index is 12.7. The van der Waals surface area contributed by atoms with Crippen LogP contribution in [0, 0.1) is 0 Å². The number of hydrogen-bond donors (Lipinski definition) is 7. The molecule has 12 nitrogen and oxygen atoms in total. The van der Waals surface area contributed by atoms with Gasteiger partial charge in [-0.1, -0.05) is 12.1 Å². The van der Waals surface area contributed by atoms with Gasteiger partial charge in [0.25, 0.3) is 0 Å². The standard InChI is InChI=1S/C21H30N4O8S/c1-11(18(29)25-16(21(32)33)10-17(27)28)23-20(31)15(7-8-34-2)24-19(30)14(22)9-12-3-5-13(26)6-4-12/h3-6,11,14-16,26H,7-10,22H2,1-2H3,(H,23,31)(H,24,30)(H,25,29)(H,27,28)(H,32,33). The van der Waals surface area contributed by atoms with E-state index < -0.39 is 60.2 Å². The minimum absolute atomic E-state index is 0.0753. The molecule has 3 amide bonds. The van der Waals surface area contributed by atoms with Crippen LogP contribution >= 0.6 is 11.8 Å². The number of aliphatic carboxylic acids is 2. The van der Waals surface area contributed by atoms with Gasteiger partial charge in [0.05, 0.1) is 12.5 Å². The molecule has 0 saturated carbocycles. The van der Waals surface area contributed by atoms with Crippen LogP contribution in [0.15, 0.2) is 24.3 Å². The fraction of sp³-hybridized carbons (Fsp3) is 0.476. The highest BCUT2D eigenvalue weighted by atomic mass is 32.2. The van der Waals surface area contributed by atoms with Crippen LogP contribution in [-0.4, -0.2) is 81.2 Å². The van der Waals surface area contributed by atoms with Gasteiger partial charge in [0.15, 0.2) is 0 Å². The Morgan fingerprint density at radius 2 is 1.53 bits per heavy atom. The maximum Gasteiger partial charge on any atom is 0.326 e. The van der Waals surface area contributed by atoms with Crippen LogP contribution in [0.25, 0.3) is 0 Å². The molecule has 0 aromatic heterocycles. The summed E-state index contributed by atoms with van der Waals surface area (Å²) in [6.45, 7) is 1.30. The van der Waals surface area contributed by atoms with E-state index >= 15 is 0 Å². The van der Waals surface area contributed by atoms with Crippen molar-refractivity contribution in [1.82, 2.24) is 16.0 Å². The van der Waals surface area contributed by atoms with Gasteiger partial charge in [-0.3, -0.25) is 19.2 Å². The molecular formula is C21H30N4O8S. The summed E-state index contributed by atoms with van der Waals surface area (Å²) < 4.78 is 0. The first-order valence-corrected chi connectivity index (χ1v) is 11.7. The van der Waals surface area contributed by atoms with E-state index in [0.717, 1.165) is 0 Å². The summed E-state index contributed by atoms with van der Waals surface area (Å²) in [5.74, 6) is -4.49. The SMILES string of the molecule is CSCCC(NC(=O)C(N)Cc1ccc(O)cc1)C(=O)NC(C)C(=O)NC(CC(=O)O)C(=O)O. The number of carboxylic acid groups (broad SMARTS) is 2. The molecule has 0 radical (unpaired) electrons. The fourth-order valence-corrected chi connectivity index (χ4v) is 3.28. The van der Waals surface area contributed by atoms with Crippen molar-refractivity contribution in [2.24, 2.45) is 5.73 Å². The Hall–Kier alpha value is -3.32. The van der Waals surface area contributed by atoms with Gasteiger partial charge in [-0.25, -0.2) is 4.79 Å². The smallest absolute Gasteiger partial charge is 0.326 e. The molecule has 4 unspecified atom stereocenters. The molecule has 0 fully saturated rings. The molecular weight excluding hydrogens is 468 g/mol. The summed E-state index contributed by atoms with van der Waals surface area (Å²) in [5, 5.41) is 34.2. The summed E-state index contributed by atoms with van der Waals surface area (Å²) in [6, 6.07) is 1.35. The van der Waals surface area contributed by atoms with Gasteiger partial charge >= 0.3 is 11.9 Å². The molecule has 0 spiro atoms. The number of nitrogens with one attached hydrogen (secondary N) is 3. The first-order chi connectivity index (χ1) is 15.9. The lowest BCUT2D eigenvalue weighted by Crippen LogP contribution is -2.56. The summed E-state index contributed by atoms with van der Waals surface area (Å²) in [5.41, 5.74) is 6.67. The molecule has 0 aliphatic carbocycles. The molecule has 8 N–H and O–H groups in total. The zero-order chi connectivity index (χ0) is 25.8. The summed E-state index contributed by atoms with van der Waals surface area (Å²) in [6.07, 6.45) is 1.41. The normalized spacial score (nSPS) is 14.2. The zero-order valence-corrected chi connectivity index (χ0v) is 19.6. The average molecular weight is 499 g/mol. The van der Waals surface area contributed by atoms with E-state index in [-0.39, 0.29) is 18.6 Å². The molecule has 4 atom stereocenters. The number of benzene rings is 1. The molecule has 0 bridgehead atoms. The molecule has 13 heteroatoms. The number of thioether (sulfide) groups is 1. The second-order valence-electron chi connectivity index (χ2n) is 7.55. The van der Waals surface area contributed by atoms with E-state index in [1.54, 1.807) is 12.1 Å². The van der Waals surface area contributed by atoms with E-state index in [1.165, 1.54) is 30.8 Å². The lowest BCUT2D eigenvalue weighted by molar-refractivity contribution is -0.147. The Balaban J connectivity index is 2.76. The molecule has 0 heterocycles. The van der Waals surface area contributed by atoms with Crippen molar-refractivity contribution in [3.8, 4) is 5.75 Å². The Morgan fingerprint density at radius 1 is 0.941 bits per heavy atom. The fourth-order valence-electron chi connectivity index (χ4n) is 2.81. The van der Waals surface area contributed by atoms with Crippen LogP contribution in [0.2, 0.25) is 0 Å². The lowest BCUT2D eigenvalue weighted by atomic mass is 10.0. The molecule has 0 aliphatic heterocycles. The minimum atomic E-state index is -1.66. The van der Waals surface area contributed by atoms with E-state index in [9.17, 15) is 29.1 Å². The molecule has 1 rings (SSSR count). The van der Waals surface area contributed by atoms with E-state index in [1.807, 2.05) is 6.26 Å². The van der Waals surface area contributed by atoms with Gasteiger partial charge in [0.1, 0.15) is 23.9 Å². The van der Waals surface area contributed by atoms with Gasteiger partial charge in [-0.2, -0.15) is 11.8 Å². The van der Waals surface area contributed by atoms with Gasteiger partial charge in [-0.15, -0.1) is 0 Å². The first kappa shape index (κ1) is 28.7. The van der Waals surface area contributed by atoms with Crippen LogP contribution < -0.4 is 21.7 Å². The number of phenolic OH excluding ortho intramolecular Hbond substituents is 1. The predicted molar refractivity (Wildman–Crippen MR) is 124 cm³/mol. The van der Waals surface area contributed by atoms with Crippen molar-refractivity contribution in [1.29, 1.82) is 0 Å². The number of carbonyl (C=O) groups is 5. The Labute approximate surface area is 200 Å². The van der Waals surface area contributed by atoms with Gasteiger partial charge in [0, 0.05) is 0 Å². The quantitative estimate of drug-likeness (QED) is 0.167. The maximum atomic E-state index is 12.7. The Bertz CT molecular complexity index is 880. The number of rotatable bonds is 14. The predicted octanol–water partition coefficient (Wildman–Crippen LogP) is -0.951. The second-order valence-corrected chi connectivity index (χ2v) is 8.53. The summed E-state index contributed by atoms with van der Waals surface area (Å²) >= 11 is 1.44. The summed E-state index contributed by atoms with van der Waals surface area (Å²) in [7, 11) is 0. The lowest BCUT2D eigenvalue weighted by Gasteiger charge is -2.23. The van der Waals surface area contributed by atoms with Crippen LogP contribution in [-0.2, 0) is 30.4 Å². The Morgan fingerprint density at radius 3 is 2.06 bits per heavy atom. The molecule has 0 aliphatic rings. The number of aromatic hydroxyl groups is 1. The molecule has 0 saturated heterocycles.